The van der Waals surface area contributed by atoms with Gasteiger partial charge in [0.2, 0.25) is 5.13 Å². The lowest BCUT2D eigenvalue weighted by Crippen LogP contribution is -2.01. The SMILES string of the molecule is CC(F)(Cl)C=C(F)F. The summed E-state index contributed by atoms with van der Waals surface area (Å²) in [6.07, 6.45) is -2.07. The molecule has 8 heavy (non-hydrogen) atoms. The van der Waals surface area contributed by atoms with Crippen LogP contribution in [-0.4, -0.2) is 5.13 Å². The maximum absolute atomic E-state index is 11.8. The molecule has 0 rings (SSSR count). The highest BCUT2D eigenvalue weighted by Gasteiger charge is 2.15. The van der Waals surface area contributed by atoms with Gasteiger partial charge in [0.25, 0.3) is 6.08 Å². The van der Waals surface area contributed by atoms with Gasteiger partial charge >= 0.3 is 0 Å². The fraction of sp³-hybridized carbons (Fsp3) is 0.500. The van der Waals surface area contributed by atoms with E-state index in [1.807, 2.05) is 0 Å². The quantitative estimate of drug-likeness (QED) is 0.497. The summed E-state index contributed by atoms with van der Waals surface area (Å²) in [7, 11) is 0. The molecule has 0 saturated heterocycles. The first kappa shape index (κ1) is 7.82. The van der Waals surface area contributed by atoms with E-state index in [0.29, 0.717) is 0 Å². The molecule has 0 aromatic carbocycles. The van der Waals surface area contributed by atoms with Crippen molar-refractivity contribution >= 4 is 11.6 Å². The van der Waals surface area contributed by atoms with Gasteiger partial charge in [-0.2, -0.15) is 8.78 Å². The van der Waals surface area contributed by atoms with E-state index in [-0.39, 0.29) is 6.08 Å². The zero-order chi connectivity index (χ0) is 6.78. The highest BCUT2D eigenvalue weighted by molar-refractivity contribution is 6.23. The maximum atomic E-state index is 11.8. The molecular weight excluding hydrogens is 140 g/mol. The van der Waals surface area contributed by atoms with Crippen molar-refractivity contribution in [1.29, 1.82) is 0 Å². The molecule has 0 spiro atoms. The summed E-state index contributed by atoms with van der Waals surface area (Å²) in [6, 6.07) is 0. The Kier molecular flexibility index (Phi) is 2.34. The molecule has 0 N–H and O–H groups in total. The minimum atomic E-state index is -2.42. The lowest BCUT2D eigenvalue weighted by molar-refractivity contribution is 0.344. The Morgan fingerprint density at radius 3 is 2.00 bits per heavy atom. The van der Waals surface area contributed by atoms with Gasteiger partial charge in [-0.15, -0.1) is 0 Å². The second-order valence-corrected chi connectivity index (χ2v) is 2.13. The minimum absolute atomic E-state index is 0.0363. The zero-order valence-electron chi connectivity index (χ0n) is 4.09. The molecule has 0 radical (unpaired) electrons. The minimum Gasteiger partial charge on any atom is -0.222 e. The number of alkyl halides is 2. The Balaban J connectivity index is 3.89. The molecule has 0 amide bonds. The fourth-order valence-corrected chi connectivity index (χ4v) is 0.274. The Morgan fingerprint density at radius 2 is 2.00 bits per heavy atom. The first-order valence-corrected chi connectivity index (χ1v) is 2.21. The van der Waals surface area contributed by atoms with Crippen LogP contribution >= 0.6 is 11.6 Å². The van der Waals surface area contributed by atoms with Gasteiger partial charge in [-0.1, -0.05) is 11.6 Å². The summed E-state index contributed by atoms with van der Waals surface area (Å²) in [6.45, 7) is 0.827. The van der Waals surface area contributed by atoms with E-state index in [0.717, 1.165) is 6.92 Å². The van der Waals surface area contributed by atoms with Gasteiger partial charge in [-0.25, -0.2) is 4.39 Å². The first-order chi connectivity index (χ1) is 3.42. The first-order valence-electron chi connectivity index (χ1n) is 1.83. The van der Waals surface area contributed by atoms with Crippen LogP contribution in [0.2, 0.25) is 0 Å². The van der Waals surface area contributed by atoms with Crippen molar-refractivity contribution in [2.45, 2.75) is 12.1 Å². The monoisotopic (exact) mass is 144 g/mol. The smallest absolute Gasteiger partial charge is 0.222 e. The summed E-state index contributed by atoms with van der Waals surface area (Å²) in [5.41, 5.74) is 0. The van der Waals surface area contributed by atoms with Gasteiger partial charge in [0.15, 0.2) is 0 Å². The predicted octanol–water partition coefficient (Wildman–Crippen LogP) is 2.69. The number of hydrogen-bond acceptors (Lipinski definition) is 0. The Labute approximate surface area is 49.9 Å². The fourth-order valence-electron chi connectivity index (χ4n) is 0.192. The van der Waals surface area contributed by atoms with Crippen molar-refractivity contribution in [3.63, 3.8) is 0 Å². The van der Waals surface area contributed by atoms with E-state index in [1.54, 1.807) is 0 Å². The zero-order valence-corrected chi connectivity index (χ0v) is 4.85. The molecule has 0 saturated carbocycles. The van der Waals surface area contributed by atoms with E-state index < -0.39 is 11.2 Å². The third kappa shape index (κ3) is 5.82. The number of rotatable bonds is 1. The van der Waals surface area contributed by atoms with Crippen LogP contribution in [0, 0.1) is 0 Å². The third-order valence-corrected chi connectivity index (χ3v) is 0.472. The summed E-state index contributed by atoms with van der Waals surface area (Å²) >= 11 is 4.71. The maximum Gasteiger partial charge on any atom is 0.270 e. The van der Waals surface area contributed by atoms with Crippen molar-refractivity contribution in [2.75, 3.05) is 0 Å². The Bertz CT molecular complexity index is 98.3. The largest absolute Gasteiger partial charge is 0.270 e. The molecule has 0 aliphatic heterocycles. The number of hydrogen-bond donors (Lipinski definition) is 0. The molecule has 1 atom stereocenters. The molecular formula is C4H4ClF3. The lowest BCUT2D eigenvalue weighted by Gasteiger charge is -2.00. The van der Waals surface area contributed by atoms with E-state index in [1.165, 1.54) is 0 Å². The summed E-state index contributed by atoms with van der Waals surface area (Å²) in [5.74, 6) is 0. The van der Waals surface area contributed by atoms with Gasteiger partial charge in [0.05, 0.1) is 0 Å². The van der Waals surface area contributed by atoms with Gasteiger partial charge < -0.3 is 0 Å². The molecule has 0 aromatic heterocycles. The van der Waals surface area contributed by atoms with Crippen molar-refractivity contribution < 1.29 is 13.2 Å². The van der Waals surface area contributed by atoms with E-state index in [9.17, 15) is 13.2 Å². The van der Waals surface area contributed by atoms with Gasteiger partial charge in [-0.05, 0) is 6.92 Å². The second-order valence-electron chi connectivity index (χ2n) is 1.39. The summed E-state index contributed by atoms with van der Waals surface area (Å²) in [4.78, 5) is 0. The molecule has 0 aromatic rings. The normalized spacial score (nSPS) is 17.1. The highest BCUT2D eigenvalue weighted by atomic mass is 35.5. The van der Waals surface area contributed by atoms with Crippen LogP contribution in [0.3, 0.4) is 0 Å². The molecule has 0 bridgehead atoms. The van der Waals surface area contributed by atoms with Crippen molar-refractivity contribution in [1.82, 2.24) is 0 Å². The highest BCUT2D eigenvalue weighted by Crippen LogP contribution is 2.19. The predicted molar refractivity (Wildman–Crippen MR) is 25.7 cm³/mol. The van der Waals surface area contributed by atoms with Crippen LogP contribution < -0.4 is 0 Å². The number of allylic oxidation sites excluding steroid dienone is 1. The van der Waals surface area contributed by atoms with Crippen molar-refractivity contribution in [3.8, 4) is 0 Å². The lowest BCUT2D eigenvalue weighted by atomic mass is 10.4. The average Bonchev–Trinajstić information content (AvgIpc) is 1.21. The molecule has 0 heterocycles. The van der Waals surface area contributed by atoms with Crippen LogP contribution in [0.25, 0.3) is 0 Å². The number of halogens is 4. The van der Waals surface area contributed by atoms with Crippen LogP contribution in [0.15, 0.2) is 12.2 Å². The van der Waals surface area contributed by atoms with E-state index in [4.69, 9.17) is 11.6 Å². The summed E-state index contributed by atoms with van der Waals surface area (Å²) < 4.78 is 34.0. The van der Waals surface area contributed by atoms with Crippen LogP contribution in [0.1, 0.15) is 6.92 Å². The van der Waals surface area contributed by atoms with Crippen LogP contribution in [0.5, 0.6) is 0 Å². The van der Waals surface area contributed by atoms with Crippen LogP contribution in [-0.2, 0) is 0 Å². The average molecular weight is 145 g/mol. The van der Waals surface area contributed by atoms with Crippen LogP contribution in [0.4, 0.5) is 13.2 Å². The van der Waals surface area contributed by atoms with Gasteiger partial charge in [0.1, 0.15) is 0 Å². The topological polar surface area (TPSA) is 0 Å². The van der Waals surface area contributed by atoms with Gasteiger partial charge in [-0.3, -0.25) is 0 Å². The van der Waals surface area contributed by atoms with E-state index >= 15 is 0 Å². The molecule has 1 unspecified atom stereocenters. The van der Waals surface area contributed by atoms with Gasteiger partial charge in [0, 0.05) is 6.08 Å². The Morgan fingerprint density at radius 1 is 1.62 bits per heavy atom. The summed E-state index contributed by atoms with van der Waals surface area (Å²) in [5, 5.41) is -2.42. The molecule has 0 nitrogen and oxygen atoms in total. The van der Waals surface area contributed by atoms with E-state index in [2.05, 4.69) is 0 Å². The molecule has 0 aliphatic carbocycles. The molecule has 0 fully saturated rings. The standard InChI is InChI=1S/C4H4ClF3/c1-4(5,8)2-3(6)7/h2H,1H3. The van der Waals surface area contributed by atoms with Crippen molar-refractivity contribution in [3.05, 3.63) is 12.2 Å². The van der Waals surface area contributed by atoms with Crippen molar-refractivity contribution in [2.24, 2.45) is 0 Å². The second kappa shape index (κ2) is 2.40. The molecule has 0 aliphatic rings. The molecule has 48 valence electrons. The Hall–Kier alpha value is -0.180. The molecule has 4 heteroatoms. The third-order valence-electron chi connectivity index (χ3n) is 0.363.